The predicted molar refractivity (Wildman–Crippen MR) is 82.8 cm³/mol. The van der Waals surface area contributed by atoms with E-state index in [0.717, 1.165) is 17.7 Å². The summed E-state index contributed by atoms with van der Waals surface area (Å²) in [7, 11) is -1.35. The number of fused-ring (bicyclic) bond motifs is 1. The minimum absolute atomic E-state index is 0.0702. The van der Waals surface area contributed by atoms with Crippen LogP contribution >= 0.6 is 0 Å². The molecule has 0 amide bonds. The van der Waals surface area contributed by atoms with E-state index in [1.807, 2.05) is 18.2 Å². The Hall–Kier alpha value is -1.27. The lowest BCUT2D eigenvalue weighted by atomic mass is 10.1. The molecule has 21 heavy (non-hydrogen) atoms. The number of nitrogens with one attached hydrogen (secondary N) is 1. The summed E-state index contributed by atoms with van der Waals surface area (Å²) >= 11 is 0. The van der Waals surface area contributed by atoms with Gasteiger partial charge in [0.25, 0.3) is 0 Å². The van der Waals surface area contributed by atoms with Gasteiger partial charge >= 0.3 is 0 Å². The first-order valence-electron chi connectivity index (χ1n) is 7.22. The molecule has 0 spiro atoms. The third-order valence-corrected chi connectivity index (χ3v) is 5.87. The first-order chi connectivity index (χ1) is 9.94. The average molecular weight is 313 g/mol. The largest absolute Gasteiger partial charge is 0.490 e. The zero-order valence-corrected chi connectivity index (χ0v) is 13.6. The Morgan fingerprint density at radius 3 is 2.48 bits per heavy atom. The third kappa shape index (κ3) is 3.89. The van der Waals surface area contributed by atoms with Gasteiger partial charge in [-0.05, 0) is 38.6 Å². The van der Waals surface area contributed by atoms with Gasteiger partial charge in [-0.25, -0.2) is 8.42 Å². The second-order valence-corrected chi connectivity index (χ2v) is 8.08. The topological polar surface area (TPSA) is 64.6 Å². The summed E-state index contributed by atoms with van der Waals surface area (Å²) < 4.78 is 35.5. The second-order valence-electron chi connectivity index (χ2n) is 5.48. The van der Waals surface area contributed by atoms with Crippen molar-refractivity contribution in [2.45, 2.75) is 31.6 Å². The molecule has 1 aliphatic heterocycles. The Morgan fingerprint density at radius 1 is 1.19 bits per heavy atom. The molecule has 1 aromatic carbocycles. The molecule has 0 aliphatic carbocycles. The van der Waals surface area contributed by atoms with Crippen LogP contribution in [0.25, 0.3) is 0 Å². The molecule has 0 fully saturated rings. The van der Waals surface area contributed by atoms with Gasteiger partial charge in [0, 0.05) is 12.5 Å². The smallest absolute Gasteiger partial charge is 0.161 e. The molecule has 1 unspecified atom stereocenters. The Balaban J connectivity index is 2.25. The van der Waals surface area contributed by atoms with Crippen LogP contribution in [0.4, 0.5) is 0 Å². The Bertz CT molecular complexity index is 583. The highest BCUT2D eigenvalue weighted by Crippen LogP contribution is 2.32. The molecule has 0 bridgehead atoms. The van der Waals surface area contributed by atoms with Crippen LogP contribution in [0.2, 0.25) is 0 Å². The molecular formula is C15H23NO4S. The highest BCUT2D eigenvalue weighted by Gasteiger charge is 2.24. The van der Waals surface area contributed by atoms with Crippen LogP contribution in [-0.4, -0.2) is 39.7 Å². The maximum Gasteiger partial charge on any atom is 0.161 e. The van der Waals surface area contributed by atoms with Gasteiger partial charge in [-0.3, -0.25) is 0 Å². The number of sulfone groups is 1. The highest BCUT2D eigenvalue weighted by molar-refractivity contribution is 7.92. The van der Waals surface area contributed by atoms with E-state index >= 15 is 0 Å². The molecule has 6 heteroatoms. The number of hydrogen-bond acceptors (Lipinski definition) is 5. The Morgan fingerprint density at radius 2 is 1.86 bits per heavy atom. The molecule has 2 rings (SSSR count). The maximum atomic E-state index is 12.1. The van der Waals surface area contributed by atoms with Crippen molar-refractivity contribution in [3.8, 4) is 11.5 Å². The minimum Gasteiger partial charge on any atom is -0.490 e. The van der Waals surface area contributed by atoms with E-state index in [9.17, 15) is 8.42 Å². The molecule has 5 nitrogen and oxygen atoms in total. The van der Waals surface area contributed by atoms with Crippen molar-refractivity contribution in [2.24, 2.45) is 0 Å². The highest BCUT2D eigenvalue weighted by atomic mass is 32.2. The molecule has 1 N–H and O–H groups in total. The van der Waals surface area contributed by atoms with E-state index in [-0.39, 0.29) is 17.0 Å². The van der Waals surface area contributed by atoms with Crippen LogP contribution in [0.5, 0.6) is 11.5 Å². The van der Waals surface area contributed by atoms with Crippen molar-refractivity contribution in [3.63, 3.8) is 0 Å². The number of rotatable bonds is 5. The van der Waals surface area contributed by atoms with Crippen molar-refractivity contribution < 1.29 is 17.9 Å². The van der Waals surface area contributed by atoms with E-state index < -0.39 is 9.84 Å². The maximum absolute atomic E-state index is 12.1. The summed E-state index contributed by atoms with van der Waals surface area (Å²) in [5.74, 6) is 1.48. The molecule has 0 aromatic heterocycles. The fourth-order valence-electron chi connectivity index (χ4n) is 2.17. The van der Waals surface area contributed by atoms with Gasteiger partial charge in [0.15, 0.2) is 21.3 Å². The van der Waals surface area contributed by atoms with Gasteiger partial charge in [0.2, 0.25) is 0 Å². The molecule has 1 heterocycles. The lowest BCUT2D eigenvalue weighted by Gasteiger charge is -2.19. The molecular weight excluding hydrogens is 290 g/mol. The minimum atomic E-state index is -3.12. The van der Waals surface area contributed by atoms with Gasteiger partial charge in [-0.2, -0.15) is 0 Å². The van der Waals surface area contributed by atoms with Crippen LogP contribution < -0.4 is 14.8 Å². The molecule has 118 valence electrons. The summed E-state index contributed by atoms with van der Waals surface area (Å²) in [5, 5.41) is 2.70. The first kappa shape index (κ1) is 16.1. The first-order valence-corrected chi connectivity index (χ1v) is 8.94. The number of benzene rings is 1. The summed E-state index contributed by atoms with van der Waals surface area (Å²) in [4.78, 5) is 0. The van der Waals surface area contributed by atoms with Crippen molar-refractivity contribution in [3.05, 3.63) is 23.8 Å². The monoisotopic (exact) mass is 313 g/mol. The second kappa shape index (κ2) is 6.66. The van der Waals surface area contributed by atoms with Crippen LogP contribution in [0.1, 0.15) is 31.9 Å². The molecule has 1 atom stereocenters. The van der Waals surface area contributed by atoms with E-state index in [4.69, 9.17) is 9.47 Å². The van der Waals surface area contributed by atoms with Gasteiger partial charge in [-0.15, -0.1) is 0 Å². The van der Waals surface area contributed by atoms with Crippen LogP contribution in [0.3, 0.4) is 0 Å². The van der Waals surface area contributed by atoms with Crippen molar-refractivity contribution in [2.75, 3.05) is 26.0 Å². The molecule has 0 saturated carbocycles. The lowest BCUT2D eigenvalue weighted by Crippen LogP contribution is -2.29. The normalized spacial score (nSPS) is 16.6. The van der Waals surface area contributed by atoms with Crippen LogP contribution in [-0.2, 0) is 9.84 Å². The van der Waals surface area contributed by atoms with Gasteiger partial charge in [-0.1, -0.05) is 6.07 Å². The fourth-order valence-corrected chi connectivity index (χ4v) is 3.38. The van der Waals surface area contributed by atoms with E-state index in [2.05, 4.69) is 5.32 Å². The quantitative estimate of drug-likeness (QED) is 0.900. The average Bonchev–Trinajstić information content (AvgIpc) is 2.69. The predicted octanol–water partition coefficient (Wildman–Crippen LogP) is 1.93. The lowest BCUT2D eigenvalue weighted by molar-refractivity contribution is 0.297. The Labute approximate surface area is 126 Å². The van der Waals surface area contributed by atoms with E-state index in [1.54, 1.807) is 20.9 Å². The van der Waals surface area contributed by atoms with Crippen LogP contribution in [0.15, 0.2) is 18.2 Å². The van der Waals surface area contributed by atoms with Crippen molar-refractivity contribution >= 4 is 9.84 Å². The number of ether oxygens (including phenoxy) is 2. The zero-order chi connectivity index (χ0) is 15.5. The third-order valence-electron chi connectivity index (χ3n) is 3.64. The van der Waals surface area contributed by atoms with Crippen molar-refractivity contribution in [1.29, 1.82) is 0 Å². The SMILES string of the molecule is CNC(CS(=O)(=O)C(C)C)c1ccc2c(c1)OCCCO2. The van der Waals surface area contributed by atoms with Gasteiger partial charge in [0.05, 0.1) is 24.2 Å². The van der Waals surface area contributed by atoms with E-state index in [1.165, 1.54) is 0 Å². The van der Waals surface area contributed by atoms with E-state index in [0.29, 0.717) is 19.0 Å². The molecule has 0 saturated heterocycles. The molecule has 1 aliphatic rings. The molecule has 0 radical (unpaired) electrons. The van der Waals surface area contributed by atoms with Crippen LogP contribution in [0, 0.1) is 0 Å². The van der Waals surface area contributed by atoms with Crippen molar-refractivity contribution in [1.82, 2.24) is 5.32 Å². The van der Waals surface area contributed by atoms with Gasteiger partial charge < -0.3 is 14.8 Å². The summed E-state index contributed by atoms with van der Waals surface area (Å²) in [6.07, 6.45) is 0.848. The fraction of sp³-hybridized carbons (Fsp3) is 0.600. The Kier molecular flexibility index (Phi) is 5.11. The molecule has 1 aromatic rings. The number of hydrogen-bond donors (Lipinski definition) is 1. The summed E-state index contributed by atoms with van der Waals surface area (Å²) in [6, 6.07) is 5.36. The zero-order valence-electron chi connectivity index (χ0n) is 12.8. The summed E-state index contributed by atoms with van der Waals surface area (Å²) in [5.41, 5.74) is 0.894. The standard InChI is InChI=1S/C15H23NO4S/c1-11(2)21(17,18)10-13(16-3)12-5-6-14-15(9-12)20-8-4-7-19-14/h5-6,9,11,13,16H,4,7-8,10H2,1-3H3. The summed E-state index contributed by atoms with van der Waals surface area (Å²) in [6.45, 7) is 4.67. The van der Waals surface area contributed by atoms with Gasteiger partial charge in [0.1, 0.15) is 0 Å².